The summed E-state index contributed by atoms with van der Waals surface area (Å²) in [7, 11) is 1.49. The Morgan fingerprint density at radius 3 is 2.58 bits per heavy atom. The second-order valence-electron chi connectivity index (χ2n) is 7.15. The smallest absolute Gasteiger partial charge is 0.271 e. The summed E-state index contributed by atoms with van der Waals surface area (Å²) in [5.41, 5.74) is 0.524. The summed E-state index contributed by atoms with van der Waals surface area (Å²) in [6, 6.07) is 19.0. The Morgan fingerprint density at radius 2 is 1.86 bits per heavy atom. The van der Waals surface area contributed by atoms with Crippen LogP contribution in [0, 0.1) is 21.4 Å². The van der Waals surface area contributed by atoms with Crippen LogP contribution in [0.25, 0.3) is 6.08 Å². The molecule has 0 aliphatic heterocycles. The molecule has 3 rings (SSSR count). The van der Waals surface area contributed by atoms with Gasteiger partial charge >= 0.3 is 0 Å². The van der Waals surface area contributed by atoms with Crippen LogP contribution >= 0.6 is 15.9 Å². The fourth-order valence-electron chi connectivity index (χ4n) is 3.04. The Morgan fingerprint density at radius 1 is 1.08 bits per heavy atom. The number of para-hydroxylation sites is 2. The maximum Gasteiger partial charge on any atom is 0.271 e. The third-order valence-corrected chi connectivity index (χ3v) is 5.18. The van der Waals surface area contributed by atoms with Crippen LogP contribution < -0.4 is 20.1 Å². The van der Waals surface area contributed by atoms with E-state index in [0.717, 1.165) is 0 Å². The number of non-ortho nitro benzene ring substituents is 1. The molecule has 0 bridgehead atoms. The number of anilines is 2. The molecule has 10 nitrogen and oxygen atoms in total. The van der Waals surface area contributed by atoms with Gasteiger partial charge in [-0.15, -0.1) is 0 Å². The van der Waals surface area contributed by atoms with Gasteiger partial charge in [-0.2, -0.15) is 5.26 Å². The highest BCUT2D eigenvalue weighted by molar-refractivity contribution is 9.10. The van der Waals surface area contributed by atoms with E-state index in [1.165, 1.54) is 37.5 Å². The molecule has 0 atom stereocenters. The molecule has 0 aliphatic carbocycles. The number of amides is 2. The van der Waals surface area contributed by atoms with Crippen LogP contribution in [-0.2, 0) is 9.59 Å². The van der Waals surface area contributed by atoms with Crippen LogP contribution in [0.1, 0.15) is 5.56 Å². The van der Waals surface area contributed by atoms with Gasteiger partial charge in [0.25, 0.3) is 17.5 Å². The van der Waals surface area contributed by atoms with E-state index in [-0.39, 0.29) is 29.3 Å². The number of benzene rings is 3. The second kappa shape index (κ2) is 12.1. The number of nitrogens with one attached hydrogen (secondary N) is 2. The summed E-state index contributed by atoms with van der Waals surface area (Å²) in [5, 5.41) is 25.7. The van der Waals surface area contributed by atoms with Crippen molar-refractivity contribution in [2.24, 2.45) is 0 Å². The van der Waals surface area contributed by atoms with Gasteiger partial charge in [-0.25, -0.2) is 0 Å². The fraction of sp³-hybridized carbons (Fsp3) is 0.0800. The third kappa shape index (κ3) is 6.91. The first kappa shape index (κ1) is 25.9. The van der Waals surface area contributed by atoms with Crippen molar-refractivity contribution in [1.82, 2.24) is 0 Å². The molecule has 2 amide bonds. The standard InChI is InChI=1S/C25H19BrN4O6/c1-35-23-8-3-2-7-21(23)29-24(31)15-36-22-10-9-18(26)12-16(22)11-17(14-27)25(32)28-19-5-4-6-20(13-19)30(33)34/h2-13H,15H2,1H3,(H,28,32)(H,29,31)/b17-11-. The SMILES string of the molecule is COc1ccccc1NC(=O)COc1ccc(Br)cc1/C=C(/C#N)C(=O)Nc1cccc([N+](=O)[O-])c1. The lowest BCUT2D eigenvalue weighted by atomic mass is 10.1. The van der Waals surface area contributed by atoms with E-state index in [1.807, 2.05) is 6.07 Å². The molecular weight excluding hydrogens is 532 g/mol. The molecule has 0 heterocycles. The monoisotopic (exact) mass is 550 g/mol. The highest BCUT2D eigenvalue weighted by atomic mass is 79.9. The number of nitrogens with zero attached hydrogens (tertiary/aromatic N) is 2. The summed E-state index contributed by atoms with van der Waals surface area (Å²) >= 11 is 3.34. The fourth-order valence-corrected chi connectivity index (χ4v) is 3.42. The molecule has 2 N–H and O–H groups in total. The number of nitro benzene ring substituents is 1. The van der Waals surface area contributed by atoms with Gasteiger partial charge in [0.1, 0.15) is 23.1 Å². The predicted molar refractivity (Wildman–Crippen MR) is 137 cm³/mol. The molecule has 0 radical (unpaired) electrons. The number of rotatable bonds is 9. The van der Waals surface area contributed by atoms with E-state index in [9.17, 15) is 25.0 Å². The highest BCUT2D eigenvalue weighted by Crippen LogP contribution is 2.27. The molecule has 0 fully saturated rings. The topological polar surface area (TPSA) is 144 Å². The van der Waals surface area contributed by atoms with Gasteiger partial charge in [-0.1, -0.05) is 34.1 Å². The van der Waals surface area contributed by atoms with Crippen molar-refractivity contribution in [2.75, 3.05) is 24.4 Å². The minimum Gasteiger partial charge on any atom is -0.495 e. The number of hydrogen-bond acceptors (Lipinski definition) is 7. The number of ether oxygens (including phenoxy) is 2. The van der Waals surface area contributed by atoms with Crippen LogP contribution in [0.4, 0.5) is 17.1 Å². The van der Waals surface area contributed by atoms with Crippen molar-refractivity contribution >= 4 is 50.9 Å². The van der Waals surface area contributed by atoms with Crippen molar-refractivity contribution < 1.29 is 24.0 Å². The Labute approximate surface area is 214 Å². The maximum absolute atomic E-state index is 12.7. The summed E-state index contributed by atoms with van der Waals surface area (Å²) in [6.45, 7) is -0.345. The Hall–Kier alpha value is -4.69. The summed E-state index contributed by atoms with van der Waals surface area (Å²) in [6.07, 6.45) is 1.30. The minimum atomic E-state index is -0.766. The number of carbonyl (C=O) groups is 2. The van der Waals surface area contributed by atoms with Gasteiger partial charge in [0.2, 0.25) is 0 Å². The minimum absolute atomic E-state index is 0.161. The number of nitro groups is 1. The number of carbonyl (C=O) groups excluding carboxylic acids is 2. The van der Waals surface area contributed by atoms with Crippen molar-refractivity contribution in [3.63, 3.8) is 0 Å². The Kier molecular flexibility index (Phi) is 8.74. The highest BCUT2D eigenvalue weighted by Gasteiger charge is 2.15. The molecule has 0 unspecified atom stereocenters. The predicted octanol–water partition coefficient (Wildman–Crippen LogP) is 4.93. The zero-order valence-electron chi connectivity index (χ0n) is 18.9. The van der Waals surface area contributed by atoms with Crippen LogP contribution in [-0.4, -0.2) is 30.5 Å². The number of hydrogen-bond donors (Lipinski definition) is 2. The molecule has 36 heavy (non-hydrogen) atoms. The van der Waals surface area contributed by atoms with E-state index in [4.69, 9.17) is 9.47 Å². The zero-order valence-corrected chi connectivity index (χ0v) is 20.4. The quantitative estimate of drug-likeness (QED) is 0.166. The lowest BCUT2D eigenvalue weighted by Crippen LogP contribution is -2.20. The Balaban J connectivity index is 1.76. The summed E-state index contributed by atoms with van der Waals surface area (Å²) < 4.78 is 11.5. The van der Waals surface area contributed by atoms with Crippen LogP contribution in [0.15, 0.2) is 76.8 Å². The van der Waals surface area contributed by atoms with E-state index in [1.54, 1.807) is 42.5 Å². The van der Waals surface area contributed by atoms with Crippen molar-refractivity contribution in [3.05, 3.63) is 92.5 Å². The molecule has 11 heteroatoms. The number of halogens is 1. The molecule has 182 valence electrons. The molecule has 0 saturated heterocycles. The zero-order chi connectivity index (χ0) is 26.1. The van der Waals surface area contributed by atoms with Gasteiger partial charge in [0.05, 0.1) is 17.7 Å². The largest absolute Gasteiger partial charge is 0.495 e. The third-order valence-electron chi connectivity index (χ3n) is 4.69. The molecular formula is C25H19BrN4O6. The average molecular weight is 551 g/mol. The molecule has 3 aromatic carbocycles. The van der Waals surface area contributed by atoms with Crippen molar-refractivity contribution in [1.29, 1.82) is 5.26 Å². The summed E-state index contributed by atoms with van der Waals surface area (Å²) in [5.74, 6) is -0.463. The number of methoxy groups -OCH3 is 1. The summed E-state index contributed by atoms with van der Waals surface area (Å²) in [4.78, 5) is 35.4. The lowest BCUT2D eigenvalue weighted by molar-refractivity contribution is -0.384. The van der Waals surface area contributed by atoms with E-state index >= 15 is 0 Å². The van der Waals surface area contributed by atoms with Gasteiger partial charge in [0, 0.05) is 27.9 Å². The van der Waals surface area contributed by atoms with Crippen LogP contribution in [0.5, 0.6) is 11.5 Å². The van der Waals surface area contributed by atoms with Crippen molar-refractivity contribution in [3.8, 4) is 17.6 Å². The first-order chi connectivity index (χ1) is 17.3. The molecule has 3 aromatic rings. The van der Waals surface area contributed by atoms with Gasteiger partial charge < -0.3 is 20.1 Å². The first-order valence-electron chi connectivity index (χ1n) is 10.3. The van der Waals surface area contributed by atoms with Gasteiger partial charge in [-0.05, 0) is 42.5 Å². The second-order valence-corrected chi connectivity index (χ2v) is 8.07. The van der Waals surface area contributed by atoms with Crippen LogP contribution in [0.3, 0.4) is 0 Å². The van der Waals surface area contributed by atoms with Gasteiger partial charge in [0.15, 0.2) is 6.61 Å². The molecule has 0 spiro atoms. The van der Waals surface area contributed by atoms with E-state index in [0.29, 0.717) is 21.5 Å². The average Bonchev–Trinajstić information content (AvgIpc) is 2.87. The Bertz CT molecular complexity index is 1380. The van der Waals surface area contributed by atoms with Crippen molar-refractivity contribution in [2.45, 2.75) is 0 Å². The normalized spacial score (nSPS) is 10.6. The molecule has 0 saturated carbocycles. The molecule has 0 aliphatic rings. The first-order valence-corrected chi connectivity index (χ1v) is 11.1. The van der Waals surface area contributed by atoms with E-state index in [2.05, 4.69) is 26.6 Å². The number of nitriles is 1. The van der Waals surface area contributed by atoms with Crippen LogP contribution in [0.2, 0.25) is 0 Å². The van der Waals surface area contributed by atoms with Gasteiger partial charge in [-0.3, -0.25) is 19.7 Å². The van der Waals surface area contributed by atoms with E-state index < -0.39 is 16.7 Å². The molecule has 0 aromatic heterocycles. The maximum atomic E-state index is 12.7. The lowest BCUT2D eigenvalue weighted by Gasteiger charge is -2.12.